The standard InChI is InChI=1S/C20H23NO4/c1-5-24-20(23)16-6-8-17(9-7-16)21-19(22)15(4)25-18-11-13(2)10-14(3)12-18/h6-12,15H,5H2,1-4H3,(H,21,22)/t15-/m0/s1. The highest BCUT2D eigenvalue weighted by atomic mass is 16.5. The first-order valence-electron chi connectivity index (χ1n) is 8.22. The molecule has 1 atom stereocenters. The van der Waals surface area contributed by atoms with E-state index in [1.807, 2.05) is 32.0 Å². The van der Waals surface area contributed by atoms with E-state index >= 15 is 0 Å². The topological polar surface area (TPSA) is 64.6 Å². The van der Waals surface area contributed by atoms with E-state index in [0.29, 0.717) is 23.6 Å². The zero-order valence-electron chi connectivity index (χ0n) is 15.0. The molecule has 0 saturated heterocycles. The Bertz CT molecular complexity index is 733. The summed E-state index contributed by atoms with van der Waals surface area (Å²) in [4.78, 5) is 23.9. The van der Waals surface area contributed by atoms with E-state index in [9.17, 15) is 9.59 Å². The van der Waals surface area contributed by atoms with E-state index in [4.69, 9.17) is 9.47 Å². The number of aryl methyl sites for hydroxylation is 2. The molecule has 1 N–H and O–H groups in total. The molecular formula is C20H23NO4. The van der Waals surface area contributed by atoms with Crippen LogP contribution in [0.15, 0.2) is 42.5 Å². The van der Waals surface area contributed by atoms with E-state index in [1.54, 1.807) is 38.1 Å². The lowest BCUT2D eigenvalue weighted by atomic mass is 10.1. The van der Waals surface area contributed by atoms with Gasteiger partial charge in [0, 0.05) is 5.69 Å². The average molecular weight is 341 g/mol. The van der Waals surface area contributed by atoms with E-state index in [0.717, 1.165) is 11.1 Å². The quantitative estimate of drug-likeness (QED) is 0.810. The van der Waals surface area contributed by atoms with Crippen molar-refractivity contribution in [3.63, 3.8) is 0 Å². The van der Waals surface area contributed by atoms with Gasteiger partial charge in [-0.15, -0.1) is 0 Å². The highest BCUT2D eigenvalue weighted by Gasteiger charge is 2.15. The van der Waals surface area contributed by atoms with Crippen LogP contribution < -0.4 is 10.1 Å². The summed E-state index contributed by atoms with van der Waals surface area (Å²) in [7, 11) is 0. The molecule has 0 aromatic heterocycles. The number of rotatable bonds is 6. The third kappa shape index (κ3) is 5.35. The fraction of sp³-hybridized carbons (Fsp3) is 0.300. The summed E-state index contributed by atoms with van der Waals surface area (Å²) in [5, 5.41) is 2.77. The molecule has 132 valence electrons. The monoisotopic (exact) mass is 341 g/mol. The number of hydrogen-bond acceptors (Lipinski definition) is 4. The molecule has 2 aromatic rings. The zero-order chi connectivity index (χ0) is 18.4. The normalized spacial score (nSPS) is 11.5. The molecule has 1 amide bonds. The minimum Gasteiger partial charge on any atom is -0.481 e. The molecule has 0 unspecified atom stereocenters. The van der Waals surface area contributed by atoms with Crippen molar-refractivity contribution in [2.45, 2.75) is 33.8 Å². The van der Waals surface area contributed by atoms with Crippen molar-refractivity contribution in [1.29, 1.82) is 0 Å². The number of hydrogen-bond donors (Lipinski definition) is 1. The Hall–Kier alpha value is -2.82. The van der Waals surface area contributed by atoms with Crippen molar-refractivity contribution >= 4 is 17.6 Å². The van der Waals surface area contributed by atoms with Gasteiger partial charge in [-0.1, -0.05) is 6.07 Å². The fourth-order valence-electron chi connectivity index (χ4n) is 2.41. The van der Waals surface area contributed by atoms with Gasteiger partial charge in [0.2, 0.25) is 0 Å². The van der Waals surface area contributed by atoms with E-state index < -0.39 is 6.10 Å². The Morgan fingerprint density at radius 3 is 2.20 bits per heavy atom. The first kappa shape index (κ1) is 18.5. The molecule has 5 nitrogen and oxygen atoms in total. The Balaban J connectivity index is 1.97. The molecular weight excluding hydrogens is 318 g/mol. The van der Waals surface area contributed by atoms with Crippen LogP contribution in [0.25, 0.3) is 0 Å². The molecule has 0 fully saturated rings. The van der Waals surface area contributed by atoms with Gasteiger partial charge in [-0.25, -0.2) is 4.79 Å². The van der Waals surface area contributed by atoms with Crippen molar-refractivity contribution in [2.24, 2.45) is 0 Å². The summed E-state index contributed by atoms with van der Waals surface area (Å²) in [6, 6.07) is 12.4. The number of carbonyl (C=O) groups excluding carboxylic acids is 2. The maximum absolute atomic E-state index is 12.3. The van der Waals surface area contributed by atoms with Crippen molar-refractivity contribution < 1.29 is 19.1 Å². The van der Waals surface area contributed by atoms with Gasteiger partial charge >= 0.3 is 5.97 Å². The van der Waals surface area contributed by atoms with Crippen LogP contribution in [0, 0.1) is 13.8 Å². The zero-order valence-corrected chi connectivity index (χ0v) is 15.0. The molecule has 2 rings (SSSR count). The smallest absolute Gasteiger partial charge is 0.338 e. The van der Waals surface area contributed by atoms with Crippen LogP contribution in [-0.4, -0.2) is 24.6 Å². The molecule has 0 radical (unpaired) electrons. The first-order chi connectivity index (χ1) is 11.9. The minimum atomic E-state index is -0.647. The SMILES string of the molecule is CCOC(=O)c1ccc(NC(=O)[C@H](C)Oc2cc(C)cc(C)c2)cc1. The second-order valence-electron chi connectivity index (χ2n) is 5.87. The number of carbonyl (C=O) groups is 2. The van der Waals surface area contributed by atoms with Gasteiger partial charge in [0.15, 0.2) is 6.10 Å². The van der Waals surface area contributed by atoms with Gasteiger partial charge in [-0.05, 0) is 75.2 Å². The van der Waals surface area contributed by atoms with Gasteiger partial charge in [0.25, 0.3) is 5.91 Å². The van der Waals surface area contributed by atoms with Crippen LogP contribution in [0.3, 0.4) is 0 Å². The van der Waals surface area contributed by atoms with Gasteiger partial charge in [-0.3, -0.25) is 4.79 Å². The van der Waals surface area contributed by atoms with Crippen LogP contribution in [0.5, 0.6) is 5.75 Å². The fourth-order valence-corrected chi connectivity index (χ4v) is 2.41. The van der Waals surface area contributed by atoms with Crippen molar-refractivity contribution in [1.82, 2.24) is 0 Å². The highest BCUT2D eigenvalue weighted by molar-refractivity contribution is 5.95. The third-order valence-corrected chi connectivity index (χ3v) is 3.54. The molecule has 25 heavy (non-hydrogen) atoms. The van der Waals surface area contributed by atoms with Crippen LogP contribution in [-0.2, 0) is 9.53 Å². The largest absolute Gasteiger partial charge is 0.481 e. The lowest BCUT2D eigenvalue weighted by molar-refractivity contribution is -0.122. The van der Waals surface area contributed by atoms with Crippen LogP contribution >= 0.6 is 0 Å². The second kappa shape index (κ2) is 8.33. The summed E-state index contributed by atoms with van der Waals surface area (Å²) in [5.74, 6) is 0.0211. The summed E-state index contributed by atoms with van der Waals surface area (Å²) >= 11 is 0. The predicted molar refractivity (Wildman–Crippen MR) is 97.0 cm³/mol. The molecule has 0 spiro atoms. The number of nitrogens with one attached hydrogen (secondary N) is 1. The van der Waals surface area contributed by atoms with Gasteiger partial charge in [-0.2, -0.15) is 0 Å². The Morgan fingerprint density at radius 2 is 1.64 bits per heavy atom. The van der Waals surface area contributed by atoms with E-state index in [1.165, 1.54) is 0 Å². The van der Waals surface area contributed by atoms with Crippen molar-refractivity contribution in [2.75, 3.05) is 11.9 Å². The Kier molecular flexibility index (Phi) is 6.17. The summed E-state index contributed by atoms with van der Waals surface area (Å²) in [6.45, 7) is 7.74. The van der Waals surface area contributed by atoms with Crippen LogP contribution in [0.4, 0.5) is 5.69 Å². The number of amides is 1. The molecule has 0 saturated carbocycles. The van der Waals surface area contributed by atoms with Gasteiger partial charge in [0.1, 0.15) is 5.75 Å². The molecule has 0 aliphatic heterocycles. The lowest BCUT2D eigenvalue weighted by Gasteiger charge is -2.16. The van der Waals surface area contributed by atoms with Gasteiger partial charge in [0.05, 0.1) is 12.2 Å². The Morgan fingerprint density at radius 1 is 1.04 bits per heavy atom. The number of benzene rings is 2. The van der Waals surface area contributed by atoms with Crippen molar-refractivity contribution in [3.05, 3.63) is 59.2 Å². The first-order valence-corrected chi connectivity index (χ1v) is 8.22. The maximum atomic E-state index is 12.3. The molecule has 0 aliphatic rings. The van der Waals surface area contributed by atoms with Crippen LogP contribution in [0.1, 0.15) is 35.3 Å². The Labute approximate surface area is 148 Å². The summed E-state index contributed by atoms with van der Waals surface area (Å²) < 4.78 is 10.6. The number of ether oxygens (including phenoxy) is 2. The molecule has 0 aliphatic carbocycles. The lowest BCUT2D eigenvalue weighted by Crippen LogP contribution is -2.30. The summed E-state index contributed by atoms with van der Waals surface area (Å²) in [5.41, 5.74) is 3.20. The van der Waals surface area contributed by atoms with Crippen LogP contribution in [0.2, 0.25) is 0 Å². The van der Waals surface area contributed by atoms with Crippen molar-refractivity contribution in [3.8, 4) is 5.75 Å². The number of esters is 1. The van der Waals surface area contributed by atoms with E-state index in [-0.39, 0.29) is 11.9 Å². The summed E-state index contributed by atoms with van der Waals surface area (Å²) in [6.07, 6.45) is -0.647. The van der Waals surface area contributed by atoms with E-state index in [2.05, 4.69) is 5.32 Å². The molecule has 0 heterocycles. The molecule has 0 bridgehead atoms. The maximum Gasteiger partial charge on any atom is 0.338 e. The third-order valence-electron chi connectivity index (χ3n) is 3.54. The average Bonchev–Trinajstić information content (AvgIpc) is 2.54. The number of anilines is 1. The molecule has 2 aromatic carbocycles. The predicted octanol–water partition coefficient (Wildman–Crippen LogP) is 3.89. The second-order valence-corrected chi connectivity index (χ2v) is 5.87. The minimum absolute atomic E-state index is 0.261. The highest BCUT2D eigenvalue weighted by Crippen LogP contribution is 2.18. The molecule has 5 heteroatoms. The van der Waals surface area contributed by atoms with Gasteiger partial charge < -0.3 is 14.8 Å².